The number of hydrogen-bond donors (Lipinski definition) is 1. The number of rotatable bonds is 1. The van der Waals surface area contributed by atoms with E-state index in [1.165, 1.54) is 0 Å². The van der Waals surface area contributed by atoms with Crippen LogP contribution in [0.25, 0.3) is 16.6 Å². The first-order valence-corrected chi connectivity index (χ1v) is 7.57. The lowest BCUT2D eigenvalue weighted by Crippen LogP contribution is -2.21. The van der Waals surface area contributed by atoms with Crippen molar-refractivity contribution in [1.29, 1.82) is 0 Å². The third-order valence-electron chi connectivity index (χ3n) is 3.22. The van der Waals surface area contributed by atoms with Gasteiger partial charge in [-0.25, -0.2) is 0 Å². The van der Waals surface area contributed by atoms with E-state index in [0.29, 0.717) is 10.2 Å². The Morgan fingerprint density at radius 3 is 2.70 bits per heavy atom. The van der Waals surface area contributed by atoms with Gasteiger partial charge < -0.3 is 4.98 Å². The molecule has 0 atom stereocenters. The number of aryl methyl sites for hydroxylation is 1. The van der Waals surface area contributed by atoms with Crippen LogP contribution in [0, 0.1) is 15.3 Å². The molecule has 1 heterocycles. The van der Waals surface area contributed by atoms with Crippen molar-refractivity contribution in [3.05, 3.63) is 66.7 Å². The highest BCUT2D eigenvalue weighted by molar-refractivity contribution is 14.1. The fourth-order valence-electron chi connectivity index (χ4n) is 2.22. The Morgan fingerprint density at radius 1 is 1.20 bits per heavy atom. The molecular weight excluding hydrogens is 383 g/mol. The van der Waals surface area contributed by atoms with Crippen LogP contribution in [0.5, 0.6) is 0 Å². The minimum Gasteiger partial charge on any atom is -0.331 e. The molecule has 5 heteroatoms. The minimum atomic E-state index is -0.0865. The molecule has 0 saturated heterocycles. The van der Waals surface area contributed by atoms with E-state index in [0.717, 1.165) is 20.3 Å². The number of aromatic amines is 1. The van der Waals surface area contributed by atoms with Crippen molar-refractivity contribution in [2.24, 2.45) is 0 Å². The molecule has 0 unspecified atom stereocenters. The van der Waals surface area contributed by atoms with Crippen LogP contribution >= 0.6 is 34.8 Å². The summed E-state index contributed by atoms with van der Waals surface area (Å²) in [6.45, 7) is 1.97. The van der Waals surface area contributed by atoms with Crippen molar-refractivity contribution in [2.75, 3.05) is 0 Å². The van der Waals surface area contributed by atoms with Crippen LogP contribution < -0.4 is 5.56 Å². The Hall–Kier alpha value is -1.47. The number of para-hydroxylation sites is 1. The summed E-state index contributed by atoms with van der Waals surface area (Å²) in [6.07, 6.45) is 0. The molecule has 20 heavy (non-hydrogen) atoms. The van der Waals surface area contributed by atoms with Crippen LogP contribution in [0.4, 0.5) is 0 Å². The maximum absolute atomic E-state index is 12.7. The minimum absolute atomic E-state index is 0.0865. The van der Waals surface area contributed by atoms with Crippen molar-refractivity contribution in [1.82, 2.24) is 9.55 Å². The zero-order valence-corrected chi connectivity index (χ0v) is 13.7. The van der Waals surface area contributed by atoms with Crippen molar-refractivity contribution in [3.8, 4) is 5.69 Å². The Morgan fingerprint density at radius 2 is 1.95 bits per heavy atom. The van der Waals surface area contributed by atoms with E-state index in [4.69, 9.17) is 12.2 Å². The second-order valence-electron chi connectivity index (χ2n) is 4.55. The van der Waals surface area contributed by atoms with Gasteiger partial charge in [-0.3, -0.25) is 9.36 Å². The van der Waals surface area contributed by atoms with Gasteiger partial charge in [-0.05, 0) is 71.6 Å². The first kappa shape index (κ1) is 13.5. The summed E-state index contributed by atoms with van der Waals surface area (Å²) in [5, 5.41) is 0.647. The van der Waals surface area contributed by atoms with Gasteiger partial charge in [0.05, 0.1) is 16.6 Å². The summed E-state index contributed by atoms with van der Waals surface area (Å²) in [5.41, 5.74) is 2.51. The first-order valence-electron chi connectivity index (χ1n) is 6.08. The largest absolute Gasteiger partial charge is 0.331 e. The lowest BCUT2D eigenvalue weighted by molar-refractivity contribution is 0.930. The maximum atomic E-state index is 12.7. The van der Waals surface area contributed by atoms with Crippen molar-refractivity contribution >= 4 is 45.7 Å². The first-order chi connectivity index (χ1) is 9.58. The molecule has 0 saturated carbocycles. The highest BCUT2D eigenvalue weighted by Crippen LogP contribution is 2.16. The average molecular weight is 394 g/mol. The Balaban J connectivity index is 2.46. The standard InChI is InChI=1S/C15H11IN2OS/c1-9-4-2-3-5-13(9)18-14(19)11-8-10(16)6-7-12(11)17-15(18)20/h2-8H,1H3,(H,17,20). The average Bonchev–Trinajstić information content (AvgIpc) is 2.42. The topological polar surface area (TPSA) is 37.8 Å². The normalized spacial score (nSPS) is 10.9. The van der Waals surface area contributed by atoms with Crippen LogP contribution in [0.2, 0.25) is 0 Å². The smallest absolute Gasteiger partial charge is 0.266 e. The molecule has 0 aliphatic rings. The summed E-state index contributed by atoms with van der Waals surface area (Å²) < 4.78 is 3.00. The summed E-state index contributed by atoms with van der Waals surface area (Å²) in [4.78, 5) is 15.9. The Bertz CT molecular complexity index is 927. The van der Waals surface area contributed by atoms with Gasteiger partial charge in [-0.1, -0.05) is 18.2 Å². The molecule has 0 spiro atoms. The van der Waals surface area contributed by atoms with Crippen molar-refractivity contribution < 1.29 is 0 Å². The van der Waals surface area contributed by atoms with Crippen LogP contribution in [0.3, 0.4) is 0 Å². The SMILES string of the molecule is Cc1ccccc1-n1c(=S)[nH]c2ccc(I)cc2c1=O. The Kier molecular flexibility index (Phi) is 3.47. The zero-order valence-electron chi connectivity index (χ0n) is 10.7. The van der Waals surface area contributed by atoms with Crippen LogP contribution in [0.15, 0.2) is 47.3 Å². The van der Waals surface area contributed by atoms with Gasteiger partial charge in [0.15, 0.2) is 4.77 Å². The number of aromatic nitrogens is 2. The summed E-state index contributed by atoms with van der Waals surface area (Å²) in [5.74, 6) is 0. The number of H-pyrrole nitrogens is 1. The fraction of sp³-hybridized carbons (Fsp3) is 0.0667. The summed E-state index contributed by atoms with van der Waals surface area (Å²) in [7, 11) is 0. The molecule has 1 N–H and O–H groups in total. The highest BCUT2D eigenvalue weighted by atomic mass is 127. The van der Waals surface area contributed by atoms with E-state index < -0.39 is 0 Å². The molecule has 0 amide bonds. The van der Waals surface area contributed by atoms with Gasteiger partial charge in [0, 0.05) is 3.57 Å². The molecule has 0 radical (unpaired) electrons. The van der Waals surface area contributed by atoms with E-state index in [9.17, 15) is 4.79 Å². The van der Waals surface area contributed by atoms with Gasteiger partial charge in [0.1, 0.15) is 0 Å². The molecule has 0 aliphatic heterocycles. The third-order valence-corrected chi connectivity index (χ3v) is 4.17. The van der Waals surface area contributed by atoms with Gasteiger partial charge in [-0.15, -0.1) is 0 Å². The molecule has 0 bridgehead atoms. The van der Waals surface area contributed by atoms with Crippen LogP contribution in [0.1, 0.15) is 5.56 Å². The Labute approximate surface area is 134 Å². The number of fused-ring (bicyclic) bond motifs is 1. The van der Waals surface area contributed by atoms with E-state index in [1.807, 2.05) is 49.4 Å². The van der Waals surface area contributed by atoms with E-state index in [-0.39, 0.29) is 5.56 Å². The van der Waals surface area contributed by atoms with Crippen LogP contribution in [-0.2, 0) is 0 Å². The molecule has 0 aliphatic carbocycles. The zero-order chi connectivity index (χ0) is 14.3. The molecule has 1 aromatic heterocycles. The monoisotopic (exact) mass is 394 g/mol. The number of nitrogens with zero attached hydrogens (tertiary/aromatic N) is 1. The predicted molar refractivity (Wildman–Crippen MR) is 92.2 cm³/mol. The number of nitrogens with one attached hydrogen (secondary N) is 1. The van der Waals surface area contributed by atoms with Crippen molar-refractivity contribution in [2.45, 2.75) is 6.92 Å². The molecule has 3 aromatic rings. The van der Waals surface area contributed by atoms with Gasteiger partial charge in [0.2, 0.25) is 0 Å². The van der Waals surface area contributed by atoms with Crippen molar-refractivity contribution in [3.63, 3.8) is 0 Å². The lowest BCUT2D eigenvalue weighted by Gasteiger charge is -2.10. The molecule has 100 valence electrons. The number of halogens is 1. The molecule has 2 aromatic carbocycles. The maximum Gasteiger partial charge on any atom is 0.266 e. The summed E-state index contributed by atoms with van der Waals surface area (Å²) >= 11 is 7.55. The van der Waals surface area contributed by atoms with E-state index in [1.54, 1.807) is 4.57 Å². The summed E-state index contributed by atoms with van der Waals surface area (Å²) in [6, 6.07) is 13.4. The number of hydrogen-bond acceptors (Lipinski definition) is 2. The van der Waals surface area contributed by atoms with Gasteiger partial charge in [-0.2, -0.15) is 0 Å². The van der Waals surface area contributed by atoms with E-state index >= 15 is 0 Å². The number of benzene rings is 2. The molecular formula is C15H11IN2OS. The van der Waals surface area contributed by atoms with Gasteiger partial charge >= 0.3 is 0 Å². The quantitative estimate of drug-likeness (QED) is 0.501. The lowest BCUT2D eigenvalue weighted by atomic mass is 10.2. The highest BCUT2D eigenvalue weighted by Gasteiger charge is 2.09. The molecule has 0 fully saturated rings. The fourth-order valence-corrected chi connectivity index (χ4v) is 3.00. The predicted octanol–water partition coefficient (Wildman–Crippen LogP) is 3.96. The molecule has 3 rings (SSSR count). The molecule has 3 nitrogen and oxygen atoms in total. The van der Waals surface area contributed by atoms with E-state index in [2.05, 4.69) is 27.6 Å². The van der Waals surface area contributed by atoms with Crippen LogP contribution in [-0.4, -0.2) is 9.55 Å². The third kappa shape index (κ3) is 2.20. The second-order valence-corrected chi connectivity index (χ2v) is 6.18. The van der Waals surface area contributed by atoms with Gasteiger partial charge in [0.25, 0.3) is 5.56 Å². The second kappa shape index (κ2) is 5.14.